The van der Waals surface area contributed by atoms with E-state index in [0.29, 0.717) is 10.1 Å². The van der Waals surface area contributed by atoms with E-state index in [-0.39, 0.29) is 13.9 Å². The maximum Gasteiger partial charge on any atom is 0.0554 e. The average molecular weight is 694 g/mol. The van der Waals surface area contributed by atoms with Crippen LogP contribution in [-0.4, -0.2) is 78.8 Å². The van der Waals surface area contributed by atoms with Crippen LogP contribution in [0.25, 0.3) is 0 Å². The van der Waals surface area contributed by atoms with E-state index in [1.54, 1.807) is 0 Å². The van der Waals surface area contributed by atoms with Crippen molar-refractivity contribution in [3.63, 3.8) is 0 Å². The molecule has 0 atom stereocenters. The van der Waals surface area contributed by atoms with Gasteiger partial charge in [0.1, 0.15) is 0 Å². The van der Waals surface area contributed by atoms with Gasteiger partial charge in [0.25, 0.3) is 0 Å². The van der Waals surface area contributed by atoms with Crippen molar-refractivity contribution in [2.45, 2.75) is 169 Å². The Labute approximate surface area is 246 Å². The fourth-order valence-corrected chi connectivity index (χ4v) is 689. The van der Waals surface area contributed by atoms with Crippen LogP contribution in [0.5, 0.6) is 0 Å². The van der Waals surface area contributed by atoms with Gasteiger partial charge < -0.3 is 0 Å². The molecule has 0 amide bonds. The minimum atomic E-state index is -1.48. The molecule has 0 saturated carbocycles. The predicted molar refractivity (Wildman–Crippen MR) is 208 cm³/mol. The van der Waals surface area contributed by atoms with E-state index < -0.39 is 64.9 Å². The van der Waals surface area contributed by atoms with E-state index in [9.17, 15) is 0 Å². The molecule has 0 unspecified atom stereocenters. The molecule has 0 spiro atoms. The largest absolute Gasteiger partial charge is 0.0739 e. The second-order valence-corrected chi connectivity index (χ2v) is 144. The monoisotopic (exact) mass is 692 g/mol. The van der Waals surface area contributed by atoms with E-state index in [4.69, 9.17) is 0 Å². The van der Waals surface area contributed by atoms with Crippen LogP contribution >= 0.6 is 0 Å². The second-order valence-electron chi connectivity index (χ2n) is 20.6. The second kappa shape index (κ2) is 9.70. The summed E-state index contributed by atoms with van der Waals surface area (Å²) < 4.78 is 0. The molecule has 11 heteroatoms. The van der Waals surface area contributed by atoms with Gasteiger partial charge in [-0.2, -0.15) is 0 Å². The molecular formula is C26H72Si11. The molecule has 0 aromatic carbocycles. The van der Waals surface area contributed by atoms with Crippen LogP contribution in [0.1, 0.15) is 41.5 Å². The molecule has 220 valence electrons. The Hall–Kier alpha value is 2.39. The summed E-state index contributed by atoms with van der Waals surface area (Å²) in [6.07, 6.45) is -2.67. The Morgan fingerprint density at radius 1 is 0.432 bits per heavy atom. The summed E-state index contributed by atoms with van der Waals surface area (Å²) in [6.45, 7) is 69.6. The molecule has 0 aliphatic carbocycles. The van der Waals surface area contributed by atoms with Crippen molar-refractivity contribution in [2.24, 2.45) is 0 Å². The summed E-state index contributed by atoms with van der Waals surface area (Å²) in [5, 5.41) is 1.07. The average Bonchev–Trinajstić information content (AvgIpc) is 2.45. The first-order valence-corrected chi connectivity index (χ1v) is 56.2. The van der Waals surface area contributed by atoms with Crippen molar-refractivity contribution in [3.8, 4) is 0 Å². The molecular weight excluding hydrogens is 621 g/mol. The molecule has 1 heterocycles. The van der Waals surface area contributed by atoms with Crippen LogP contribution in [0.3, 0.4) is 0 Å². The van der Waals surface area contributed by atoms with E-state index >= 15 is 0 Å². The van der Waals surface area contributed by atoms with E-state index in [0.717, 1.165) is 0 Å². The highest BCUT2D eigenvalue weighted by Gasteiger charge is 2.87. The summed E-state index contributed by atoms with van der Waals surface area (Å²) in [4.78, 5) is 0. The van der Waals surface area contributed by atoms with Crippen LogP contribution in [0.15, 0.2) is 0 Å². The Morgan fingerprint density at radius 2 is 0.622 bits per heavy atom. The minimum Gasteiger partial charge on any atom is -0.0739 e. The van der Waals surface area contributed by atoms with Gasteiger partial charge in [-0.15, -0.1) is 0 Å². The molecule has 1 fully saturated rings. The number of rotatable bonds is 6. The van der Waals surface area contributed by atoms with Gasteiger partial charge in [-0.05, 0) is 23.9 Å². The van der Waals surface area contributed by atoms with E-state index in [1.807, 2.05) is 0 Å². The first-order valence-electron chi connectivity index (χ1n) is 15.2. The Morgan fingerprint density at radius 3 is 0.757 bits per heavy atom. The molecule has 0 nitrogen and oxygen atoms in total. The number of hydrogen-bond donors (Lipinski definition) is 0. The van der Waals surface area contributed by atoms with Crippen molar-refractivity contribution in [2.75, 3.05) is 0 Å². The van der Waals surface area contributed by atoms with Crippen LogP contribution in [0, 0.1) is 0 Å². The molecule has 37 heavy (non-hydrogen) atoms. The third-order valence-corrected chi connectivity index (χ3v) is 323. The lowest BCUT2D eigenvalue weighted by Crippen LogP contribution is -3.16. The summed E-state index contributed by atoms with van der Waals surface area (Å²) in [7, 11) is -9.42. The molecule has 0 aromatic heterocycles. The quantitative estimate of drug-likeness (QED) is 0.243. The van der Waals surface area contributed by atoms with Crippen molar-refractivity contribution in [1.29, 1.82) is 0 Å². The first kappa shape index (κ1) is 37.4. The maximum atomic E-state index is 3.16. The predicted octanol–water partition coefficient (Wildman–Crippen LogP) is 9.83. The summed E-state index contributed by atoms with van der Waals surface area (Å²) in [5.41, 5.74) is 0. The molecule has 0 radical (unpaired) electrons. The van der Waals surface area contributed by atoms with Gasteiger partial charge in [0.05, 0.1) is 15.2 Å². The topological polar surface area (TPSA) is 0 Å². The van der Waals surface area contributed by atoms with Gasteiger partial charge in [0.2, 0.25) is 0 Å². The molecule has 0 bridgehead atoms. The molecule has 0 aromatic rings. The van der Waals surface area contributed by atoms with Gasteiger partial charge in [0.15, 0.2) is 0 Å². The maximum absolute atomic E-state index is 3.16. The van der Waals surface area contributed by atoms with Gasteiger partial charge in [-0.25, -0.2) is 0 Å². The number of hydrogen-bond acceptors (Lipinski definition) is 0. The highest BCUT2D eigenvalue weighted by atomic mass is 30.6. The van der Waals surface area contributed by atoms with Crippen LogP contribution in [0.2, 0.25) is 128 Å². The van der Waals surface area contributed by atoms with Crippen molar-refractivity contribution in [3.05, 3.63) is 0 Å². The smallest absolute Gasteiger partial charge is 0.0554 e. The Balaban J connectivity index is 5.07. The Bertz CT molecular complexity index is 817. The van der Waals surface area contributed by atoms with Crippen molar-refractivity contribution >= 4 is 78.8 Å². The summed E-state index contributed by atoms with van der Waals surface area (Å²) in [5.74, 6) is 0. The van der Waals surface area contributed by atoms with E-state index in [2.05, 4.69) is 159 Å². The SMILES string of the molecule is CC(C)(C)[Si](C)(C)[Si](=[Si]1[Si]([Si](C)(C)C)([Si](C)(C)C)[Si](C)(C)[Si]1([Si](C)(C)C)[Si](C)(C)C)[Si](C)(C)C(C)(C)C. The van der Waals surface area contributed by atoms with Crippen LogP contribution in [0.4, 0.5) is 0 Å². The standard InChI is InChI=1S/C26H72Si11/c1-25(2,3)33(19,20)27(34(21,22)26(4,5)6)28-36(29(7,8)9,30(10,11)12)35(23,24)37(28,31(13,14)15)32(16,17)18/h1-24H3. The zero-order valence-corrected chi connectivity index (χ0v) is 41.5. The molecule has 1 aliphatic rings. The molecule has 1 saturated heterocycles. The lowest BCUT2D eigenvalue weighted by molar-refractivity contribution is 0.728. The van der Waals surface area contributed by atoms with E-state index in [1.165, 1.54) is 0 Å². The van der Waals surface area contributed by atoms with Gasteiger partial charge in [-0.3, -0.25) is 0 Å². The van der Waals surface area contributed by atoms with Crippen molar-refractivity contribution < 1.29 is 0 Å². The highest BCUT2D eigenvalue weighted by molar-refractivity contribution is 8.42. The fourth-order valence-electron chi connectivity index (χ4n) is 11.2. The third-order valence-electron chi connectivity index (χ3n) is 12.4. The van der Waals surface area contributed by atoms with Crippen molar-refractivity contribution in [1.82, 2.24) is 0 Å². The van der Waals surface area contributed by atoms with Gasteiger partial charge >= 0.3 is 0 Å². The molecule has 1 aliphatic heterocycles. The first-order chi connectivity index (χ1) is 15.5. The summed E-state index contributed by atoms with van der Waals surface area (Å²) >= 11 is 0. The normalized spacial score (nSPS) is 21.6. The lowest BCUT2D eigenvalue weighted by atomic mass is 10.2. The molecule has 0 N–H and O–H groups in total. The summed E-state index contributed by atoms with van der Waals surface area (Å²) in [6, 6.07) is 0. The van der Waals surface area contributed by atoms with Gasteiger partial charge in [-0.1, -0.05) is 159 Å². The minimum absolute atomic E-state index is 0.285. The zero-order chi connectivity index (χ0) is 30.7. The van der Waals surface area contributed by atoms with Gasteiger partial charge in [0, 0.05) is 49.8 Å². The lowest BCUT2D eigenvalue weighted by Gasteiger charge is -2.83. The Kier molecular flexibility index (Phi) is 9.80. The fraction of sp³-hybridized carbons (Fsp3) is 1.00. The zero-order valence-electron chi connectivity index (χ0n) is 30.5. The van der Waals surface area contributed by atoms with Crippen LogP contribution < -0.4 is 0 Å². The highest BCUT2D eigenvalue weighted by Crippen LogP contribution is 2.58. The van der Waals surface area contributed by atoms with Crippen LogP contribution in [-0.2, 0) is 0 Å². The third kappa shape index (κ3) is 4.85. The molecule has 1 rings (SSSR count).